The van der Waals surface area contributed by atoms with E-state index in [9.17, 15) is 0 Å². The summed E-state index contributed by atoms with van der Waals surface area (Å²) < 4.78 is 10.5. The van der Waals surface area contributed by atoms with Gasteiger partial charge in [-0.1, -0.05) is 19.0 Å². The van der Waals surface area contributed by atoms with E-state index < -0.39 is 0 Å². The second kappa shape index (κ2) is 6.47. The molecule has 108 valence electrons. The van der Waals surface area contributed by atoms with Crippen LogP contribution in [-0.4, -0.2) is 34.9 Å². The van der Waals surface area contributed by atoms with Crippen LogP contribution >= 0.6 is 0 Å². The summed E-state index contributed by atoms with van der Waals surface area (Å²) in [5, 5.41) is 7.17. The molecule has 2 heterocycles. The molecule has 0 aliphatic carbocycles. The highest BCUT2D eigenvalue weighted by Crippen LogP contribution is 2.21. The molecule has 0 aliphatic heterocycles. The largest absolute Gasteiger partial charge is 0.380 e. The molecule has 1 unspecified atom stereocenters. The first-order valence-electron chi connectivity index (χ1n) is 6.67. The minimum Gasteiger partial charge on any atom is -0.380 e. The molecule has 0 saturated heterocycles. The van der Waals surface area contributed by atoms with Gasteiger partial charge in [0.05, 0.1) is 6.10 Å². The third-order valence-electron chi connectivity index (χ3n) is 2.94. The van der Waals surface area contributed by atoms with Crippen LogP contribution in [0.3, 0.4) is 0 Å². The lowest BCUT2D eigenvalue weighted by Crippen LogP contribution is -2.18. The normalized spacial score (nSPS) is 12.7. The number of anilines is 1. The summed E-state index contributed by atoms with van der Waals surface area (Å²) in [4.78, 5) is 8.63. The summed E-state index contributed by atoms with van der Waals surface area (Å²) >= 11 is 0. The minimum atomic E-state index is 0.122. The number of ether oxygens (including phenoxy) is 1. The zero-order chi connectivity index (χ0) is 14.5. The standard InChI is InChI=1S/C14H20N4O2/c1-9(2)13-17-14(20-18-13)11-5-6-15-12(7-11)16-8-10(3)19-4/h5-7,9-10H,8H2,1-4H3,(H,15,16). The van der Waals surface area contributed by atoms with Gasteiger partial charge in [-0.25, -0.2) is 4.98 Å². The fraction of sp³-hybridized carbons (Fsp3) is 0.500. The van der Waals surface area contributed by atoms with Gasteiger partial charge in [0.15, 0.2) is 5.82 Å². The van der Waals surface area contributed by atoms with E-state index in [0.29, 0.717) is 18.3 Å². The fourth-order valence-corrected chi connectivity index (χ4v) is 1.58. The maximum Gasteiger partial charge on any atom is 0.258 e. The Hall–Kier alpha value is -1.95. The Bertz CT molecular complexity index is 554. The molecule has 6 nitrogen and oxygen atoms in total. The van der Waals surface area contributed by atoms with Crippen LogP contribution in [0.25, 0.3) is 11.5 Å². The van der Waals surface area contributed by atoms with Crippen molar-refractivity contribution in [2.75, 3.05) is 19.0 Å². The summed E-state index contributed by atoms with van der Waals surface area (Å²) in [6, 6.07) is 3.74. The summed E-state index contributed by atoms with van der Waals surface area (Å²) in [6.45, 7) is 6.73. The number of hydrogen-bond donors (Lipinski definition) is 1. The Kier molecular flexibility index (Phi) is 4.68. The van der Waals surface area contributed by atoms with Crippen molar-refractivity contribution in [2.24, 2.45) is 0 Å². The van der Waals surface area contributed by atoms with Gasteiger partial charge in [-0.15, -0.1) is 0 Å². The Labute approximate surface area is 118 Å². The van der Waals surface area contributed by atoms with Gasteiger partial charge in [0.25, 0.3) is 5.89 Å². The average Bonchev–Trinajstić information content (AvgIpc) is 2.95. The van der Waals surface area contributed by atoms with Crippen molar-refractivity contribution in [1.29, 1.82) is 0 Å². The van der Waals surface area contributed by atoms with Crippen LogP contribution in [0.5, 0.6) is 0 Å². The number of aromatic nitrogens is 3. The zero-order valence-electron chi connectivity index (χ0n) is 12.3. The van der Waals surface area contributed by atoms with Crippen molar-refractivity contribution in [3.63, 3.8) is 0 Å². The van der Waals surface area contributed by atoms with Gasteiger partial charge in [-0.2, -0.15) is 4.98 Å². The molecule has 0 saturated carbocycles. The van der Waals surface area contributed by atoms with E-state index in [1.54, 1.807) is 13.3 Å². The first-order valence-corrected chi connectivity index (χ1v) is 6.67. The fourth-order valence-electron chi connectivity index (χ4n) is 1.58. The highest BCUT2D eigenvalue weighted by Gasteiger charge is 2.12. The SMILES string of the molecule is COC(C)CNc1cc(-c2nc(C(C)C)no2)ccn1. The first-order chi connectivity index (χ1) is 9.60. The molecule has 1 N–H and O–H groups in total. The van der Waals surface area contributed by atoms with Crippen LogP contribution in [0, 0.1) is 0 Å². The van der Waals surface area contributed by atoms with Crippen molar-refractivity contribution in [1.82, 2.24) is 15.1 Å². The van der Waals surface area contributed by atoms with E-state index in [0.717, 1.165) is 11.4 Å². The highest BCUT2D eigenvalue weighted by atomic mass is 16.5. The zero-order valence-corrected chi connectivity index (χ0v) is 12.3. The molecule has 0 spiro atoms. The number of rotatable bonds is 6. The Morgan fingerprint density at radius 3 is 2.80 bits per heavy atom. The van der Waals surface area contributed by atoms with E-state index in [1.165, 1.54) is 0 Å². The van der Waals surface area contributed by atoms with Crippen LogP contribution in [0.1, 0.15) is 32.5 Å². The number of methoxy groups -OCH3 is 1. The Morgan fingerprint density at radius 2 is 2.15 bits per heavy atom. The predicted molar refractivity (Wildman–Crippen MR) is 76.6 cm³/mol. The second-order valence-electron chi connectivity index (χ2n) is 4.97. The lowest BCUT2D eigenvalue weighted by atomic mass is 10.2. The van der Waals surface area contributed by atoms with Gasteiger partial charge in [-0.05, 0) is 19.1 Å². The lowest BCUT2D eigenvalue weighted by molar-refractivity contribution is 0.128. The molecule has 0 radical (unpaired) electrons. The third kappa shape index (κ3) is 3.54. The molecular formula is C14H20N4O2. The summed E-state index contributed by atoms with van der Waals surface area (Å²) in [5.74, 6) is 2.23. The van der Waals surface area contributed by atoms with Crippen LogP contribution in [0.4, 0.5) is 5.82 Å². The van der Waals surface area contributed by atoms with Crippen molar-refractivity contribution in [3.8, 4) is 11.5 Å². The average molecular weight is 276 g/mol. The summed E-state index contributed by atoms with van der Waals surface area (Å²) in [5.41, 5.74) is 0.854. The van der Waals surface area contributed by atoms with Crippen LogP contribution in [0.15, 0.2) is 22.9 Å². The predicted octanol–water partition coefficient (Wildman–Crippen LogP) is 2.70. The first kappa shape index (κ1) is 14.5. The number of pyridine rings is 1. The van der Waals surface area contributed by atoms with Crippen LogP contribution in [-0.2, 0) is 4.74 Å². The van der Waals surface area contributed by atoms with E-state index in [-0.39, 0.29) is 12.0 Å². The van der Waals surface area contributed by atoms with E-state index in [1.807, 2.05) is 32.9 Å². The maximum absolute atomic E-state index is 5.27. The molecule has 0 bridgehead atoms. The van der Waals surface area contributed by atoms with Gasteiger partial charge in [0, 0.05) is 31.3 Å². The Balaban J connectivity index is 2.12. The van der Waals surface area contributed by atoms with E-state index in [4.69, 9.17) is 9.26 Å². The monoisotopic (exact) mass is 276 g/mol. The second-order valence-corrected chi connectivity index (χ2v) is 4.97. The topological polar surface area (TPSA) is 73.1 Å². The van der Waals surface area contributed by atoms with Crippen LogP contribution < -0.4 is 5.32 Å². The number of hydrogen-bond acceptors (Lipinski definition) is 6. The minimum absolute atomic E-state index is 0.122. The molecule has 2 aromatic heterocycles. The third-order valence-corrected chi connectivity index (χ3v) is 2.94. The van der Waals surface area contributed by atoms with E-state index in [2.05, 4.69) is 20.4 Å². The summed E-state index contributed by atoms with van der Waals surface area (Å²) in [7, 11) is 1.68. The van der Waals surface area contributed by atoms with Gasteiger partial charge >= 0.3 is 0 Å². The molecular weight excluding hydrogens is 256 g/mol. The number of nitrogens with one attached hydrogen (secondary N) is 1. The quantitative estimate of drug-likeness (QED) is 0.874. The van der Waals surface area contributed by atoms with Crippen LogP contribution in [0.2, 0.25) is 0 Å². The highest BCUT2D eigenvalue weighted by molar-refractivity contribution is 5.57. The van der Waals surface area contributed by atoms with Gasteiger partial charge < -0.3 is 14.6 Å². The Morgan fingerprint density at radius 1 is 1.35 bits per heavy atom. The van der Waals surface area contributed by atoms with Crippen molar-refractivity contribution in [2.45, 2.75) is 32.8 Å². The van der Waals surface area contributed by atoms with Gasteiger partial charge in [0.1, 0.15) is 5.82 Å². The molecule has 0 amide bonds. The molecule has 20 heavy (non-hydrogen) atoms. The molecule has 2 rings (SSSR count). The molecule has 0 aromatic carbocycles. The molecule has 0 fully saturated rings. The smallest absolute Gasteiger partial charge is 0.258 e. The molecule has 0 aliphatic rings. The molecule has 1 atom stereocenters. The van der Waals surface area contributed by atoms with Gasteiger partial charge in [-0.3, -0.25) is 0 Å². The van der Waals surface area contributed by atoms with Crippen molar-refractivity contribution in [3.05, 3.63) is 24.2 Å². The van der Waals surface area contributed by atoms with Crippen molar-refractivity contribution >= 4 is 5.82 Å². The maximum atomic E-state index is 5.27. The van der Waals surface area contributed by atoms with E-state index >= 15 is 0 Å². The van der Waals surface area contributed by atoms with Crippen molar-refractivity contribution < 1.29 is 9.26 Å². The number of nitrogens with zero attached hydrogens (tertiary/aromatic N) is 3. The summed E-state index contributed by atoms with van der Waals surface area (Å²) in [6.07, 6.45) is 1.84. The molecule has 6 heteroatoms. The lowest BCUT2D eigenvalue weighted by Gasteiger charge is -2.11. The van der Waals surface area contributed by atoms with Gasteiger partial charge in [0.2, 0.25) is 0 Å². The molecule has 2 aromatic rings.